The summed E-state index contributed by atoms with van der Waals surface area (Å²) in [5, 5.41) is 0. The van der Waals surface area contributed by atoms with Crippen molar-refractivity contribution in [2.75, 3.05) is 19.7 Å². The smallest absolute Gasteiger partial charge is 0.257 e. The lowest BCUT2D eigenvalue weighted by Crippen LogP contribution is -2.38. The number of nitrogens with zero attached hydrogens (tertiary/aromatic N) is 1. The summed E-state index contributed by atoms with van der Waals surface area (Å²) in [6, 6.07) is 17.0. The summed E-state index contributed by atoms with van der Waals surface area (Å²) in [5.74, 6) is 0.632. The zero-order valence-electron chi connectivity index (χ0n) is 11.7. The zero-order valence-corrected chi connectivity index (χ0v) is 11.7. The normalized spacial score (nSPS) is 15.9. The van der Waals surface area contributed by atoms with Crippen molar-refractivity contribution in [3.8, 4) is 5.75 Å². The molecule has 2 aromatic carbocycles. The first kappa shape index (κ1) is 13.6. The first-order chi connectivity index (χ1) is 10.3. The minimum atomic E-state index is -0.194. The van der Waals surface area contributed by atoms with Crippen LogP contribution in [0.1, 0.15) is 22.0 Å². The van der Waals surface area contributed by atoms with Crippen molar-refractivity contribution in [2.24, 2.45) is 5.73 Å². The number of ether oxygens (including phenoxy) is 1. The molecule has 1 aliphatic heterocycles. The first-order valence-electron chi connectivity index (χ1n) is 7.07. The van der Waals surface area contributed by atoms with E-state index >= 15 is 0 Å². The molecule has 1 aliphatic rings. The Balaban J connectivity index is 1.79. The summed E-state index contributed by atoms with van der Waals surface area (Å²) < 4.78 is 5.63. The molecule has 1 atom stereocenters. The van der Waals surface area contributed by atoms with Crippen molar-refractivity contribution in [2.45, 2.75) is 6.04 Å². The van der Waals surface area contributed by atoms with Gasteiger partial charge in [0.2, 0.25) is 0 Å². The van der Waals surface area contributed by atoms with E-state index in [0.717, 1.165) is 5.56 Å². The van der Waals surface area contributed by atoms with Crippen LogP contribution in [0.25, 0.3) is 0 Å². The number of hydrogen-bond donors (Lipinski definition) is 1. The summed E-state index contributed by atoms with van der Waals surface area (Å²) in [6.07, 6.45) is 0. The predicted octanol–water partition coefficient (Wildman–Crippen LogP) is 2.22. The summed E-state index contributed by atoms with van der Waals surface area (Å²) in [4.78, 5) is 14.4. The lowest BCUT2D eigenvalue weighted by molar-refractivity contribution is 0.0745. The van der Waals surface area contributed by atoms with Crippen LogP contribution in [0.4, 0.5) is 0 Å². The van der Waals surface area contributed by atoms with Gasteiger partial charge in [0.25, 0.3) is 5.91 Å². The Morgan fingerprint density at radius 2 is 1.81 bits per heavy atom. The minimum Gasteiger partial charge on any atom is -0.491 e. The number of amides is 1. The molecule has 3 rings (SSSR count). The molecule has 0 saturated carbocycles. The van der Waals surface area contributed by atoms with Gasteiger partial charge >= 0.3 is 0 Å². The van der Waals surface area contributed by atoms with Crippen LogP contribution in [0.2, 0.25) is 0 Å². The van der Waals surface area contributed by atoms with Crippen LogP contribution in [-0.4, -0.2) is 30.5 Å². The first-order valence-corrected chi connectivity index (χ1v) is 7.07. The monoisotopic (exact) mass is 282 g/mol. The van der Waals surface area contributed by atoms with E-state index in [1.54, 1.807) is 11.0 Å². The number of hydrogen-bond acceptors (Lipinski definition) is 3. The van der Waals surface area contributed by atoms with E-state index in [-0.39, 0.29) is 11.9 Å². The van der Waals surface area contributed by atoms with Crippen molar-refractivity contribution in [3.05, 3.63) is 65.7 Å². The maximum Gasteiger partial charge on any atom is 0.257 e. The Bertz CT molecular complexity index is 628. The number of carbonyl (C=O) groups is 1. The standard InChI is InChI=1S/C17H18N2O2/c18-15(13-6-2-1-3-7-13)12-19-10-11-21-16-9-5-4-8-14(16)17(19)20/h1-9,15H,10-12,18H2. The van der Waals surface area contributed by atoms with Crippen LogP contribution < -0.4 is 10.5 Å². The number of fused-ring (bicyclic) bond motifs is 1. The minimum absolute atomic E-state index is 0.0190. The molecule has 0 bridgehead atoms. The largest absolute Gasteiger partial charge is 0.491 e. The van der Waals surface area contributed by atoms with Gasteiger partial charge in [-0.1, -0.05) is 42.5 Å². The van der Waals surface area contributed by atoms with E-state index < -0.39 is 0 Å². The third kappa shape index (κ3) is 2.90. The lowest BCUT2D eigenvalue weighted by atomic mass is 10.1. The molecule has 4 heteroatoms. The van der Waals surface area contributed by atoms with Gasteiger partial charge in [0, 0.05) is 12.6 Å². The molecule has 2 aromatic rings. The van der Waals surface area contributed by atoms with Crippen LogP contribution in [0.3, 0.4) is 0 Å². The quantitative estimate of drug-likeness (QED) is 0.939. The Hall–Kier alpha value is -2.33. The molecule has 0 saturated heterocycles. The average molecular weight is 282 g/mol. The molecule has 1 amide bonds. The molecule has 0 aromatic heterocycles. The number of carbonyl (C=O) groups excluding carboxylic acids is 1. The van der Waals surface area contributed by atoms with E-state index in [0.29, 0.717) is 31.0 Å². The third-order valence-corrected chi connectivity index (χ3v) is 3.67. The van der Waals surface area contributed by atoms with Gasteiger partial charge in [-0.05, 0) is 17.7 Å². The Morgan fingerprint density at radius 3 is 2.62 bits per heavy atom. The summed E-state index contributed by atoms with van der Waals surface area (Å²) in [6.45, 7) is 1.53. The van der Waals surface area contributed by atoms with Gasteiger partial charge < -0.3 is 15.4 Å². The summed E-state index contributed by atoms with van der Waals surface area (Å²) >= 11 is 0. The Labute approximate surface area is 124 Å². The molecule has 1 unspecified atom stereocenters. The Kier molecular flexibility index (Phi) is 3.88. The van der Waals surface area contributed by atoms with Gasteiger partial charge in [0.1, 0.15) is 12.4 Å². The second-order valence-corrected chi connectivity index (χ2v) is 5.11. The Morgan fingerprint density at radius 1 is 1.10 bits per heavy atom. The van der Waals surface area contributed by atoms with Gasteiger partial charge in [-0.3, -0.25) is 4.79 Å². The van der Waals surface area contributed by atoms with Gasteiger partial charge in [-0.25, -0.2) is 0 Å². The topological polar surface area (TPSA) is 55.6 Å². The van der Waals surface area contributed by atoms with Crippen LogP contribution in [0.5, 0.6) is 5.75 Å². The number of rotatable bonds is 3. The molecule has 1 heterocycles. The van der Waals surface area contributed by atoms with Crippen LogP contribution in [-0.2, 0) is 0 Å². The summed E-state index contributed by atoms with van der Waals surface area (Å²) in [7, 11) is 0. The van der Waals surface area contributed by atoms with Crippen molar-refractivity contribution >= 4 is 5.91 Å². The van der Waals surface area contributed by atoms with Crippen molar-refractivity contribution in [3.63, 3.8) is 0 Å². The molecule has 0 spiro atoms. The molecule has 108 valence electrons. The number of para-hydroxylation sites is 1. The van der Waals surface area contributed by atoms with E-state index in [4.69, 9.17) is 10.5 Å². The SMILES string of the molecule is NC(CN1CCOc2ccccc2C1=O)c1ccccc1. The van der Waals surface area contributed by atoms with Crippen LogP contribution in [0.15, 0.2) is 54.6 Å². The molecule has 21 heavy (non-hydrogen) atoms. The predicted molar refractivity (Wildman–Crippen MR) is 81.2 cm³/mol. The van der Waals surface area contributed by atoms with E-state index in [1.807, 2.05) is 48.5 Å². The fraction of sp³-hybridized carbons (Fsp3) is 0.235. The van der Waals surface area contributed by atoms with Crippen molar-refractivity contribution in [1.29, 1.82) is 0 Å². The third-order valence-electron chi connectivity index (χ3n) is 3.67. The average Bonchev–Trinajstić information content (AvgIpc) is 2.69. The molecule has 4 nitrogen and oxygen atoms in total. The lowest BCUT2D eigenvalue weighted by Gasteiger charge is -2.24. The molecule has 0 aliphatic carbocycles. The van der Waals surface area contributed by atoms with Gasteiger partial charge in [0.05, 0.1) is 12.1 Å². The maximum absolute atomic E-state index is 12.6. The highest BCUT2D eigenvalue weighted by molar-refractivity contribution is 5.97. The second-order valence-electron chi connectivity index (χ2n) is 5.11. The van der Waals surface area contributed by atoms with Crippen LogP contribution in [0, 0.1) is 0 Å². The van der Waals surface area contributed by atoms with Gasteiger partial charge in [-0.15, -0.1) is 0 Å². The number of benzene rings is 2. The van der Waals surface area contributed by atoms with Crippen molar-refractivity contribution < 1.29 is 9.53 Å². The van der Waals surface area contributed by atoms with Gasteiger partial charge in [0.15, 0.2) is 0 Å². The molecule has 0 fully saturated rings. The highest BCUT2D eigenvalue weighted by Crippen LogP contribution is 2.23. The van der Waals surface area contributed by atoms with Crippen molar-refractivity contribution in [1.82, 2.24) is 4.90 Å². The maximum atomic E-state index is 12.6. The summed E-state index contributed by atoms with van der Waals surface area (Å²) in [5.41, 5.74) is 7.86. The van der Waals surface area contributed by atoms with E-state index in [1.165, 1.54) is 0 Å². The molecule has 2 N–H and O–H groups in total. The highest BCUT2D eigenvalue weighted by atomic mass is 16.5. The van der Waals surface area contributed by atoms with Crippen LogP contribution >= 0.6 is 0 Å². The molecule has 0 radical (unpaired) electrons. The second kappa shape index (κ2) is 5.97. The fourth-order valence-corrected chi connectivity index (χ4v) is 2.52. The molecular weight excluding hydrogens is 264 g/mol. The molecular formula is C17H18N2O2. The number of nitrogens with two attached hydrogens (primary N) is 1. The fourth-order valence-electron chi connectivity index (χ4n) is 2.52. The van der Waals surface area contributed by atoms with E-state index in [2.05, 4.69) is 0 Å². The zero-order chi connectivity index (χ0) is 14.7. The highest BCUT2D eigenvalue weighted by Gasteiger charge is 2.24. The van der Waals surface area contributed by atoms with Gasteiger partial charge in [-0.2, -0.15) is 0 Å². The van der Waals surface area contributed by atoms with E-state index in [9.17, 15) is 4.79 Å².